The number of carbonyl (C=O) groups excluding carboxylic acids is 1. The number of rotatable bonds is 11. The highest BCUT2D eigenvalue weighted by atomic mass is 31.1. The maximum Gasteiger partial charge on any atom is 0.421 e. The molecular formula is C31H37F3N7O4P. The van der Waals surface area contributed by atoms with E-state index in [1.165, 1.54) is 13.1 Å². The van der Waals surface area contributed by atoms with Gasteiger partial charge in [0.05, 0.1) is 29.6 Å². The molecule has 0 aliphatic heterocycles. The van der Waals surface area contributed by atoms with Crippen molar-refractivity contribution in [3.05, 3.63) is 77.7 Å². The maximum absolute atomic E-state index is 14.0. The molecule has 1 aliphatic carbocycles. The molecule has 1 amide bonds. The number of nitrogens with zero attached hydrogens (tertiary/aromatic N) is 4. The van der Waals surface area contributed by atoms with Crippen LogP contribution in [-0.2, 0) is 16.9 Å². The van der Waals surface area contributed by atoms with Gasteiger partial charge in [-0.2, -0.15) is 23.3 Å². The Bertz CT molecular complexity index is 1600. The molecule has 0 bridgehead atoms. The second-order valence-corrected chi connectivity index (χ2v) is 11.2. The van der Waals surface area contributed by atoms with Crippen LogP contribution in [0.25, 0.3) is 11.1 Å². The quantitative estimate of drug-likeness (QED) is 0.0962. The van der Waals surface area contributed by atoms with Crippen LogP contribution in [0.3, 0.4) is 0 Å². The van der Waals surface area contributed by atoms with E-state index < -0.39 is 23.5 Å². The standard InChI is InChI=1S/C29H31F3N7O3P.C2H6O/c1-3-42-43-16-17-4-7-20(8-5-17)36-28-34-14-24(29(30,31)32)26(38-28)37-25-9-6-18(10-23(25)27(41)33-2)19-13-35-39(15-19)21-11-22(40)12-21;1-2-3/h4-10,13-15,21-22,40,43H,3,11-12,16H2,1-2H3,(H,33,41)(H2,34,36,37,38);3H,2H2,1H3. The third kappa shape index (κ3) is 9.00. The van der Waals surface area contributed by atoms with E-state index in [1.54, 1.807) is 42.1 Å². The molecular weight excluding hydrogens is 622 g/mol. The number of halogens is 3. The van der Waals surface area contributed by atoms with E-state index in [-0.39, 0.29) is 36.0 Å². The fraction of sp³-hybridized carbons (Fsp3) is 0.355. The Kier molecular flexibility index (Phi) is 12.1. The maximum atomic E-state index is 14.0. The van der Waals surface area contributed by atoms with Crippen LogP contribution in [0.4, 0.5) is 36.3 Å². The largest absolute Gasteiger partial charge is 0.421 e. The number of benzene rings is 2. The van der Waals surface area contributed by atoms with Gasteiger partial charge in [-0.05, 0) is 62.1 Å². The Morgan fingerprint density at radius 1 is 1.09 bits per heavy atom. The normalized spacial score (nSPS) is 16.0. The topological polar surface area (TPSA) is 146 Å². The van der Waals surface area contributed by atoms with Crippen LogP contribution in [0.5, 0.6) is 0 Å². The molecule has 1 fully saturated rings. The minimum absolute atomic E-state index is 0.0499. The Labute approximate surface area is 266 Å². The van der Waals surface area contributed by atoms with Gasteiger partial charge >= 0.3 is 6.18 Å². The minimum Gasteiger partial charge on any atom is -0.397 e. The predicted molar refractivity (Wildman–Crippen MR) is 172 cm³/mol. The zero-order chi connectivity index (χ0) is 33.3. The fourth-order valence-electron chi connectivity index (χ4n) is 4.56. The summed E-state index contributed by atoms with van der Waals surface area (Å²) >= 11 is 0. The third-order valence-electron chi connectivity index (χ3n) is 6.97. The van der Waals surface area contributed by atoms with Crippen molar-refractivity contribution in [1.82, 2.24) is 25.1 Å². The number of aliphatic hydroxyl groups is 2. The first-order chi connectivity index (χ1) is 22.1. The first-order valence-corrected chi connectivity index (χ1v) is 15.8. The molecule has 2 heterocycles. The smallest absolute Gasteiger partial charge is 0.397 e. The number of aliphatic hydroxyl groups excluding tert-OH is 2. The second-order valence-electron chi connectivity index (χ2n) is 10.3. The van der Waals surface area contributed by atoms with E-state index in [4.69, 9.17) is 9.63 Å². The zero-order valence-corrected chi connectivity index (χ0v) is 26.6. The molecule has 5 N–H and O–H groups in total. The Balaban J connectivity index is 0.00000154. The molecule has 2 aromatic heterocycles. The average molecular weight is 660 g/mol. The van der Waals surface area contributed by atoms with Gasteiger partial charge in [-0.15, -0.1) is 0 Å². The van der Waals surface area contributed by atoms with Crippen LogP contribution in [0.15, 0.2) is 61.1 Å². The second kappa shape index (κ2) is 15.9. The van der Waals surface area contributed by atoms with E-state index in [2.05, 4.69) is 31.0 Å². The van der Waals surface area contributed by atoms with Crippen molar-refractivity contribution in [3.8, 4) is 11.1 Å². The summed E-state index contributed by atoms with van der Waals surface area (Å²) < 4.78 is 49.1. The lowest BCUT2D eigenvalue weighted by Gasteiger charge is -2.31. The average Bonchev–Trinajstić information content (AvgIpc) is 3.50. The van der Waals surface area contributed by atoms with Gasteiger partial charge in [-0.3, -0.25) is 9.48 Å². The Morgan fingerprint density at radius 3 is 2.43 bits per heavy atom. The molecule has 4 aromatic rings. The lowest BCUT2D eigenvalue weighted by atomic mass is 9.90. The van der Waals surface area contributed by atoms with Gasteiger partial charge in [0.25, 0.3) is 5.91 Å². The summed E-state index contributed by atoms with van der Waals surface area (Å²) in [4.78, 5) is 20.8. The highest BCUT2D eigenvalue weighted by Gasteiger charge is 2.36. The van der Waals surface area contributed by atoms with Gasteiger partial charge < -0.3 is 30.7 Å². The molecule has 246 valence electrons. The van der Waals surface area contributed by atoms with Gasteiger partial charge in [0, 0.05) is 58.9 Å². The van der Waals surface area contributed by atoms with Gasteiger partial charge in [0.15, 0.2) is 0 Å². The van der Waals surface area contributed by atoms with Crippen molar-refractivity contribution in [1.29, 1.82) is 0 Å². The van der Waals surface area contributed by atoms with Crippen molar-refractivity contribution >= 4 is 37.9 Å². The summed E-state index contributed by atoms with van der Waals surface area (Å²) in [6, 6.07) is 12.3. The van der Waals surface area contributed by atoms with E-state index in [1.807, 2.05) is 25.3 Å². The molecule has 15 heteroatoms. The van der Waals surface area contributed by atoms with E-state index in [0.29, 0.717) is 45.7 Å². The molecule has 0 saturated heterocycles. The fourth-order valence-corrected chi connectivity index (χ4v) is 5.27. The predicted octanol–water partition coefficient (Wildman–Crippen LogP) is 6.03. The Hall–Kier alpha value is -4.10. The first kappa shape index (κ1) is 34.8. The highest BCUT2D eigenvalue weighted by molar-refractivity contribution is 7.31. The van der Waals surface area contributed by atoms with Crippen LogP contribution in [0.2, 0.25) is 0 Å². The SMILES string of the molecule is CCO.CCOPCc1ccc(Nc2ncc(C(F)(F)F)c(Nc3ccc(-c4cnn(C5CC(O)C5)c4)cc3C(=O)NC)n2)cc1. The monoisotopic (exact) mass is 659 g/mol. The number of nitrogens with one attached hydrogen (secondary N) is 3. The number of hydrogen-bond acceptors (Lipinski definition) is 9. The number of amides is 1. The molecule has 1 atom stereocenters. The molecule has 1 saturated carbocycles. The number of aromatic nitrogens is 4. The molecule has 0 radical (unpaired) electrons. The van der Waals surface area contributed by atoms with Crippen LogP contribution < -0.4 is 16.0 Å². The van der Waals surface area contributed by atoms with Gasteiger partial charge in [-0.1, -0.05) is 18.2 Å². The van der Waals surface area contributed by atoms with Gasteiger partial charge in [0.1, 0.15) is 11.4 Å². The minimum atomic E-state index is -4.75. The number of carbonyl (C=O) groups is 1. The first-order valence-electron chi connectivity index (χ1n) is 14.7. The number of anilines is 4. The third-order valence-corrected chi connectivity index (χ3v) is 8.01. The summed E-state index contributed by atoms with van der Waals surface area (Å²) in [5.74, 6) is -1.05. The van der Waals surface area contributed by atoms with Crippen molar-refractivity contribution in [2.75, 3.05) is 30.9 Å². The van der Waals surface area contributed by atoms with Crippen LogP contribution >= 0.6 is 8.81 Å². The molecule has 11 nitrogen and oxygen atoms in total. The zero-order valence-electron chi connectivity index (χ0n) is 25.6. The van der Waals surface area contributed by atoms with Crippen molar-refractivity contribution in [3.63, 3.8) is 0 Å². The van der Waals surface area contributed by atoms with E-state index in [9.17, 15) is 23.1 Å². The summed E-state index contributed by atoms with van der Waals surface area (Å²) in [5.41, 5.74) is 2.22. The molecule has 1 aliphatic rings. The van der Waals surface area contributed by atoms with Crippen LogP contribution in [0.1, 0.15) is 54.2 Å². The summed E-state index contributed by atoms with van der Waals surface area (Å²) in [7, 11) is 1.78. The van der Waals surface area contributed by atoms with Gasteiger partial charge in [-0.25, -0.2) is 4.98 Å². The van der Waals surface area contributed by atoms with E-state index >= 15 is 0 Å². The molecule has 46 heavy (non-hydrogen) atoms. The lowest BCUT2D eigenvalue weighted by Crippen LogP contribution is -2.30. The number of hydrogen-bond donors (Lipinski definition) is 5. The van der Waals surface area contributed by atoms with Crippen molar-refractivity contribution in [2.45, 2.75) is 51.2 Å². The molecule has 2 aromatic carbocycles. The van der Waals surface area contributed by atoms with Crippen molar-refractivity contribution in [2.24, 2.45) is 0 Å². The lowest BCUT2D eigenvalue weighted by molar-refractivity contribution is -0.137. The highest BCUT2D eigenvalue weighted by Crippen LogP contribution is 2.37. The summed E-state index contributed by atoms with van der Waals surface area (Å²) in [5, 5.41) is 29.7. The summed E-state index contributed by atoms with van der Waals surface area (Å²) in [6.07, 6.45) is 1.09. The Morgan fingerprint density at radius 2 is 1.80 bits per heavy atom. The number of alkyl halides is 3. The van der Waals surface area contributed by atoms with Crippen molar-refractivity contribution < 1.29 is 32.7 Å². The molecule has 5 rings (SSSR count). The molecule has 1 unspecified atom stereocenters. The van der Waals surface area contributed by atoms with E-state index in [0.717, 1.165) is 17.3 Å². The summed E-state index contributed by atoms with van der Waals surface area (Å²) in [6.45, 7) is 4.51. The molecule has 0 spiro atoms. The van der Waals surface area contributed by atoms with Gasteiger partial charge in [0.2, 0.25) is 5.95 Å². The van der Waals surface area contributed by atoms with Crippen LogP contribution in [0, 0.1) is 0 Å². The van der Waals surface area contributed by atoms with Crippen LogP contribution in [-0.4, -0.2) is 62.2 Å².